The predicted molar refractivity (Wildman–Crippen MR) is 66.8 cm³/mol. The van der Waals surface area contributed by atoms with Crippen molar-refractivity contribution >= 4 is 5.69 Å². The second kappa shape index (κ2) is 5.91. The van der Waals surface area contributed by atoms with Gasteiger partial charge >= 0.3 is 0 Å². The van der Waals surface area contributed by atoms with E-state index in [4.69, 9.17) is 0 Å². The SMILES string of the molecule is C=CCNC(=C)Nc1ccc(CC)cc1. The molecule has 0 radical (unpaired) electrons. The number of nitrogens with one attached hydrogen (secondary N) is 2. The van der Waals surface area contributed by atoms with Crippen LogP contribution in [0.25, 0.3) is 0 Å². The summed E-state index contributed by atoms with van der Waals surface area (Å²) < 4.78 is 0. The summed E-state index contributed by atoms with van der Waals surface area (Å²) in [6, 6.07) is 8.34. The molecular formula is C13H18N2. The fraction of sp³-hybridized carbons (Fsp3) is 0.231. The Morgan fingerprint density at radius 3 is 2.53 bits per heavy atom. The number of rotatable bonds is 6. The zero-order valence-corrected chi connectivity index (χ0v) is 9.22. The normalized spacial score (nSPS) is 9.40. The van der Waals surface area contributed by atoms with E-state index in [0.29, 0.717) is 0 Å². The molecule has 0 unspecified atom stereocenters. The molecule has 1 rings (SSSR count). The Hall–Kier alpha value is -1.70. The molecule has 0 aliphatic heterocycles. The van der Waals surface area contributed by atoms with Crippen LogP contribution in [0.2, 0.25) is 0 Å². The summed E-state index contributed by atoms with van der Waals surface area (Å²) in [6.45, 7) is 10.4. The van der Waals surface area contributed by atoms with Crippen molar-refractivity contribution in [3.8, 4) is 0 Å². The Morgan fingerprint density at radius 1 is 1.33 bits per heavy atom. The third kappa shape index (κ3) is 3.90. The van der Waals surface area contributed by atoms with Crippen molar-refractivity contribution in [2.24, 2.45) is 0 Å². The van der Waals surface area contributed by atoms with E-state index < -0.39 is 0 Å². The first kappa shape index (κ1) is 11.4. The van der Waals surface area contributed by atoms with Gasteiger partial charge in [0.25, 0.3) is 0 Å². The fourth-order valence-electron chi connectivity index (χ4n) is 1.24. The lowest BCUT2D eigenvalue weighted by Gasteiger charge is -2.10. The lowest BCUT2D eigenvalue weighted by molar-refractivity contribution is 0.917. The van der Waals surface area contributed by atoms with Crippen LogP contribution in [0.3, 0.4) is 0 Å². The molecule has 0 aliphatic carbocycles. The van der Waals surface area contributed by atoms with Crippen molar-refractivity contribution in [1.82, 2.24) is 5.32 Å². The molecule has 0 amide bonds. The molecule has 0 aromatic heterocycles. The van der Waals surface area contributed by atoms with E-state index in [-0.39, 0.29) is 0 Å². The van der Waals surface area contributed by atoms with Gasteiger partial charge < -0.3 is 10.6 Å². The molecule has 0 atom stereocenters. The Kier molecular flexibility index (Phi) is 4.48. The third-order valence-corrected chi connectivity index (χ3v) is 2.12. The minimum Gasteiger partial charge on any atom is -0.369 e. The monoisotopic (exact) mass is 202 g/mol. The van der Waals surface area contributed by atoms with Gasteiger partial charge in [0, 0.05) is 12.2 Å². The van der Waals surface area contributed by atoms with Crippen LogP contribution in [-0.4, -0.2) is 6.54 Å². The smallest absolute Gasteiger partial charge is 0.0959 e. The Morgan fingerprint density at radius 2 is 2.00 bits per heavy atom. The third-order valence-electron chi connectivity index (χ3n) is 2.12. The molecule has 0 heterocycles. The second-order valence-corrected chi connectivity index (χ2v) is 3.32. The van der Waals surface area contributed by atoms with Crippen molar-refractivity contribution in [3.63, 3.8) is 0 Å². The van der Waals surface area contributed by atoms with E-state index in [0.717, 1.165) is 24.5 Å². The largest absolute Gasteiger partial charge is 0.369 e. The van der Waals surface area contributed by atoms with E-state index in [2.05, 4.69) is 55.0 Å². The van der Waals surface area contributed by atoms with E-state index in [9.17, 15) is 0 Å². The zero-order valence-electron chi connectivity index (χ0n) is 9.22. The summed E-state index contributed by atoms with van der Waals surface area (Å²) in [5.41, 5.74) is 2.39. The minimum atomic E-state index is 0.721. The number of hydrogen-bond donors (Lipinski definition) is 2. The first-order valence-corrected chi connectivity index (χ1v) is 5.16. The molecule has 0 fully saturated rings. The summed E-state index contributed by atoms with van der Waals surface area (Å²) in [5, 5.41) is 6.26. The van der Waals surface area contributed by atoms with Crippen LogP contribution in [0.15, 0.2) is 49.3 Å². The summed E-state index contributed by atoms with van der Waals surface area (Å²) in [7, 11) is 0. The van der Waals surface area contributed by atoms with Gasteiger partial charge in [0.1, 0.15) is 0 Å². The van der Waals surface area contributed by atoms with Crippen LogP contribution in [0.5, 0.6) is 0 Å². The molecule has 1 aromatic carbocycles. The maximum atomic E-state index is 3.86. The van der Waals surface area contributed by atoms with Gasteiger partial charge in [-0.1, -0.05) is 31.7 Å². The fourth-order valence-corrected chi connectivity index (χ4v) is 1.24. The summed E-state index contributed by atoms with van der Waals surface area (Å²) in [5.74, 6) is 0.791. The predicted octanol–water partition coefficient (Wildman–Crippen LogP) is 2.91. The van der Waals surface area contributed by atoms with Crippen LogP contribution in [0, 0.1) is 0 Å². The van der Waals surface area contributed by atoms with Crippen LogP contribution in [-0.2, 0) is 6.42 Å². The van der Waals surface area contributed by atoms with E-state index >= 15 is 0 Å². The zero-order chi connectivity index (χ0) is 11.1. The summed E-state index contributed by atoms with van der Waals surface area (Å²) in [6.07, 6.45) is 2.86. The van der Waals surface area contributed by atoms with Gasteiger partial charge in [-0.05, 0) is 24.1 Å². The average molecular weight is 202 g/mol. The maximum absolute atomic E-state index is 3.86. The Bertz CT molecular complexity index is 325. The standard InChI is InChI=1S/C13H18N2/c1-4-10-14-11(3)15-13-8-6-12(5-2)7-9-13/h4,6-9,14-15H,1,3,5,10H2,2H3. The molecule has 0 saturated heterocycles. The number of anilines is 1. The van der Waals surface area contributed by atoms with E-state index in [1.165, 1.54) is 5.56 Å². The highest BCUT2D eigenvalue weighted by atomic mass is 15.1. The van der Waals surface area contributed by atoms with Gasteiger partial charge in [-0.15, -0.1) is 6.58 Å². The molecule has 0 saturated carbocycles. The Labute approximate surface area is 91.7 Å². The number of hydrogen-bond acceptors (Lipinski definition) is 2. The van der Waals surface area contributed by atoms with Crippen LogP contribution in [0.1, 0.15) is 12.5 Å². The van der Waals surface area contributed by atoms with Gasteiger partial charge in [0.05, 0.1) is 5.82 Å². The number of benzene rings is 1. The highest BCUT2D eigenvalue weighted by Crippen LogP contribution is 2.10. The first-order chi connectivity index (χ1) is 7.26. The Balaban J connectivity index is 2.49. The molecule has 0 aliphatic rings. The lowest BCUT2D eigenvalue weighted by Crippen LogP contribution is -2.18. The molecule has 15 heavy (non-hydrogen) atoms. The highest BCUT2D eigenvalue weighted by molar-refractivity contribution is 5.48. The molecule has 2 heteroatoms. The van der Waals surface area contributed by atoms with Crippen LogP contribution in [0.4, 0.5) is 5.69 Å². The first-order valence-electron chi connectivity index (χ1n) is 5.16. The van der Waals surface area contributed by atoms with Crippen molar-refractivity contribution in [1.29, 1.82) is 0 Å². The van der Waals surface area contributed by atoms with Crippen molar-refractivity contribution in [2.75, 3.05) is 11.9 Å². The van der Waals surface area contributed by atoms with Gasteiger partial charge in [-0.3, -0.25) is 0 Å². The lowest BCUT2D eigenvalue weighted by atomic mass is 10.1. The topological polar surface area (TPSA) is 24.1 Å². The van der Waals surface area contributed by atoms with E-state index in [1.807, 2.05) is 0 Å². The average Bonchev–Trinajstić information content (AvgIpc) is 2.27. The molecule has 2 N–H and O–H groups in total. The van der Waals surface area contributed by atoms with Gasteiger partial charge in [0.2, 0.25) is 0 Å². The molecule has 0 bridgehead atoms. The van der Waals surface area contributed by atoms with Crippen molar-refractivity contribution < 1.29 is 0 Å². The van der Waals surface area contributed by atoms with Gasteiger partial charge in [0.15, 0.2) is 0 Å². The molecule has 1 aromatic rings. The molecule has 80 valence electrons. The van der Waals surface area contributed by atoms with Crippen LogP contribution >= 0.6 is 0 Å². The number of aryl methyl sites for hydroxylation is 1. The van der Waals surface area contributed by atoms with Gasteiger partial charge in [-0.2, -0.15) is 0 Å². The quantitative estimate of drug-likeness (QED) is 0.693. The molecule has 0 spiro atoms. The van der Waals surface area contributed by atoms with Crippen molar-refractivity contribution in [2.45, 2.75) is 13.3 Å². The van der Waals surface area contributed by atoms with E-state index in [1.54, 1.807) is 6.08 Å². The van der Waals surface area contributed by atoms with Gasteiger partial charge in [-0.25, -0.2) is 0 Å². The van der Waals surface area contributed by atoms with Crippen LogP contribution < -0.4 is 10.6 Å². The minimum absolute atomic E-state index is 0.721. The maximum Gasteiger partial charge on any atom is 0.0959 e. The van der Waals surface area contributed by atoms with Crippen molar-refractivity contribution in [3.05, 3.63) is 54.9 Å². The summed E-state index contributed by atoms with van der Waals surface area (Å²) in [4.78, 5) is 0. The summed E-state index contributed by atoms with van der Waals surface area (Å²) >= 11 is 0. The molecule has 2 nitrogen and oxygen atoms in total. The highest BCUT2D eigenvalue weighted by Gasteiger charge is 1.94. The second-order valence-electron chi connectivity index (χ2n) is 3.32. The molecular weight excluding hydrogens is 184 g/mol.